The summed E-state index contributed by atoms with van der Waals surface area (Å²) < 4.78 is 0. The topological polar surface area (TPSA) is 122 Å². The number of nitrogens with two attached hydrogens (primary N) is 1. The maximum atomic E-state index is 11.6. The van der Waals surface area contributed by atoms with E-state index in [1.54, 1.807) is 6.20 Å². The van der Waals surface area contributed by atoms with Gasteiger partial charge in [0.2, 0.25) is 0 Å². The lowest BCUT2D eigenvalue weighted by Gasteiger charge is -2.14. The molecule has 8 heteroatoms. The van der Waals surface area contributed by atoms with Gasteiger partial charge >= 0.3 is 0 Å². The number of rotatable bonds is 4. The molecular formula is C14H15N7O. The number of amides is 1. The number of carbonyl (C=O) groups is 1. The third-order valence-electron chi connectivity index (χ3n) is 3.14. The van der Waals surface area contributed by atoms with Crippen molar-refractivity contribution in [1.29, 1.82) is 0 Å². The molecule has 0 spiro atoms. The van der Waals surface area contributed by atoms with Gasteiger partial charge in [-0.05, 0) is 26.0 Å². The number of nitrogens with one attached hydrogen (secondary N) is 2. The number of carbonyl (C=O) groups excluding carboxylic acids is 1. The Bertz CT molecular complexity index is 827. The first-order chi connectivity index (χ1) is 10.6. The van der Waals surface area contributed by atoms with Crippen LogP contribution in [0.3, 0.4) is 0 Å². The average molecular weight is 297 g/mol. The Hall–Kier alpha value is -3.03. The molecule has 0 saturated carbocycles. The second-order valence-corrected chi connectivity index (χ2v) is 5.18. The molecule has 3 rings (SSSR count). The Kier molecular flexibility index (Phi) is 3.42. The number of aromatic amines is 1. The standard InChI is InChI=1S/C14H15N7O/c1-7(2)17-12-9-4-3-8(11-6-16-21-19-11)5-10(9)18-20-13(12)14(15)22/h3-7H,1-2H3,(H2,15,22)(H,17,18)(H,16,19,21). The van der Waals surface area contributed by atoms with E-state index in [1.807, 2.05) is 32.0 Å². The van der Waals surface area contributed by atoms with Crippen molar-refractivity contribution in [3.05, 3.63) is 30.1 Å². The number of primary amides is 1. The first-order valence-corrected chi connectivity index (χ1v) is 6.80. The van der Waals surface area contributed by atoms with Crippen molar-refractivity contribution in [2.24, 2.45) is 5.73 Å². The van der Waals surface area contributed by atoms with Crippen LogP contribution in [0.4, 0.5) is 5.69 Å². The Morgan fingerprint density at radius 3 is 2.73 bits per heavy atom. The number of benzene rings is 1. The number of hydrogen-bond donors (Lipinski definition) is 3. The van der Waals surface area contributed by atoms with Crippen molar-refractivity contribution in [1.82, 2.24) is 25.6 Å². The van der Waals surface area contributed by atoms with Crippen molar-refractivity contribution < 1.29 is 4.79 Å². The van der Waals surface area contributed by atoms with E-state index in [2.05, 4.69) is 30.9 Å². The Labute approximate surface area is 126 Å². The SMILES string of the molecule is CC(C)Nc1c(C(N)=O)nnc2cc(-c3c[nH]nn3)ccc12. The molecule has 0 unspecified atom stereocenters. The zero-order chi connectivity index (χ0) is 15.7. The highest BCUT2D eigenvalue weighted by Gasteiger charge is 2.16. The van der Waals surface area contributed by atoms with Gasteiger partial charge in [0.25, 0.3) is 5.91 Å². The first kappa shape index (κ1) is 13.9. The van der Waals surface area contributed by atoms with Crippen LogP contribution in [0.5, 0.6) is 0 Å². The number of nitrogens with zero attached hydrogens (tertiary/aromatic N) is 4. The zero-order valence-corrected chi connectivity index (χ0v) is 12.2. The number of anilines is 1. The highest BCUT2D eigenvalue weighted by molar-refractivity contribution is 6.05. The maximum absolute atomic E-state index is 11.6. The van der Waals surface area contributed by atoms with Gasteiger partial charge in [0, 0.05) is 23.2 Å². The molecule has 0 radical (unpaired) electrons. The van der Waals surface area contributed by atoms with Crippen molar-refractivity contribution >= 4 is 22.5 Å². The van der Waals surface area contributed by atoms with Gasteiger partial charge in [-0.2, -0.15) is 0 Å². The quantitative estimate of drug-likeness (QED) is 0.667. The summed E-state index contributed by atoms with van der Waals surface area (Å²) in [7, 11) is 0. The molecule has 8 nitrogen and oxygen atoms in total. The van der Waals surface area contributed by atoms with E-state index < -0.39 is 5.91 Å². The van der Waals surface area contributed by atoms with Gasteiger partial charge < -0.3 is 11.1 Å². The summed E-state index contributed by atoms with van der Waals surface area (Å²) in [4.78, 5) is 11.6. The van der Waals surface area contributed by atoms with E-state index in [9.17, 15) is 4.79 Å². The van der Waals surface area contributed by atoms with Gasteiger partial charge in [-0.1, -0.05) is 11.3 Å². The number of hydrogen-bond acceptors (Lipinski definition) is 6. The monoisotopic (exact) mass is 297 g/mol. The second-order valence-electron chi connectivity index (χ2n) is 5.18. The molecule has 0 aliphatic heterocycles. The molecule has 0 bridgehead atoms. The molecule has 2 heterocycles. The van der Waals surface area contributed by atoms with E-state index in [-0.39, 0.29) is 11.7 Å². The molecule has 0 saturated heterocycles. The van der Waals surface area contributed by atoms with Gasteiger partial charge in [0.05, 0.1) is 11.2 Å². The molecular weight excluding hydrogens is 282 g/mol. The molecule has 3 aromatic rings. The van der Waals surface area contributed by atoms with Crippen LogP contribution in [-0.4, -0.2) is 37.6 Å². The van der Waals surface area contributed by atoms with Crippen molar-refractivity contribution in [2.75, 3.05) is 5.32 Å². The third-order valence-corrected chi connectivity index (χ3v) is 3.14. The molecule has 1 aromatic carbocycles. The molecule has 0 aliphatic carbocycles. The summed E-state index contributed by atoms with van der Waals surface area (Å²) in [6.07, 6.45) is 1.69. The van der Waals surface area contributed by atoms with Gasteiger partial charge in [0.15, 0.2) is 5.69 Å². The van der Waals surface area contributed by atoms with Crippen LogP contribution in [0.2, 0.25) is 0 Å². The zero-order valence-electron chi connectivity index (χ0n) is 12.2. The molecule has 0 aliphatic rings. The highest BCUT2D eigenvalue weighted by atomic mass is 16.1. The van der Waals surface area contributed by atoms with Crippen LogP contribution in [0, 0.1) is 0 Å². The van der Waals surface area contributed by atoms with Gasteiger partial charge in [-0.25, -0.2) is 0 Å². The fourth-order valence-electron chi connectivity index (χ4n) is 2.22. The normalized spacial score (nSPS) is 11.0. The van der Waals surface area contributed by atoms with Crippen LogP contribution in [0.1, 0.15) is 24.3 Å². The summed E-state index contributed by atoms with van der Waals surface area (Å²) >= 11 is 0. The summed E-state index contributed by atoms with van der Waals surface area (Å²) in [6, 6.07) is 5.72. The van der Waals surface area contributed by atoms with Gasteiger partial charge in [0.1, 0.15) is 5.69 Å². The molecule has 1 amide bonds. The number of H-pyrrole nitrogens is 1. The van der Waals surface area contributed by atoms with E-state index in [0.717, 1.165) is 10.9 Å². The van der Waals surface area contributed by atoms with Crippen molar-refractivity contribution in [3.8, 4) is 11.3 Å². The van der Waals surface area contributed by atoms with Crippen LogP contribution < -0.4 is 11.1 Å². The van der Waals surface area contributed by atoms with Crippen LogP contribution in [0.15, 0.2) is 24.4 Å². The van der Waals surface area contributed by atoms with Gasteiger partial charge in [-0.15, -0.1) is 15.3 Å². The lowest BCUT2D eigenvalue weighted by molar-refractivity contribution is 0.0995. The molecule has 0 atom stereocenters. The highest BCUT2D eigenvalue weighted by Crippen LogP contribution is 2.28. The molecule has 112 valence electrons. The van der Waals surface area contributed by atoms with Crippen LogP contribution in [0.25, 0.3) is 22.2 Å². The number of aromatic nitrogens is 5. The molecule has 4 N–H and O–H groups in total. The second kappa shape index (κ2) is 5.40. The Morgan fingerprint density at radius 2 is 2.09 bits per heavy atom. The van der Waals surface area contributed by atoms with Crippen molar-refractivity contribution in [3.63, 3.8) is 0 Å². The van der Waals surface area contributed by atoms with E-state index in [4.69, 9.17) is 5.73 Å². The van der Waals surface area contributed by atoms with E-state index >= 15 is 0 Å². The molecule has 2 aromatic heterocycles. The molecule has 22 heavy (non-hydrogen) atoms. The summed E-state index contributed by atoms with van der Waals surface area (Å²) in [6.45, 7) is 3.95. The Morgan fingerprint density at radius 1 is 1.27 bits per heavy atom. The predicted octanol–water partition coefficient (Wildman–Crippen LogP) is 1.33. The van der Waals surface area contributed by atoms with Crippen LogP contribution in [-0.2, 0) is 0 Å². The number of fused-ring (bicyclic) bond motifs is 1. The molecule has 0 fully saturated rings. The Balaban J connectivity index is 2.19. The van der Waals surface area contributed by atoms with Crippen LogP contribution >= 0.6 is 0 Å². The summed E-state index contributed by atoms with van der Waals surface area (Å²) in [5.41, 5.74) is 8.33. The summed E-state index contributed by atoms with van der Waals surface area (Å²) in [5.74, 6) is -0.613. The third kappa shape index (κ3) is 2.46. The average Bonchev–Trinajstić information content (AvgIpc) is 3.00. The van der Waals surface area contributed by atoms with Crippen molar-refractivity contribution in [2.45, 2.75) is 19.9 Å². The minimum Gasteiger partial charge on any atom is -0.380 e. The van der Waals surface area contributed by atoms with E-state index in [1.165, 1.54) is 0 Å². The fraction of sp³-hybridized carbons (Fsp3) is 0.214. The van der Waals surface area contributed by atoms with E-state index in [0.29, 0.717) is 16.9 Å². The lowest BCUT2D eigenvalue weighted by Crippen LogP contribution is -2.20. The first-order valence-electron chi connectivity index (χ1n) is 6.80. The van der Waals surface area contributed by atoms with Gasteiger partial charge in [-0.3, -0.25) is 9.89 Å². The smallest absolute Gasteiger partial charge is 0.271 e. The summed E-state index contributed by atoms with van der Waals surface area (Å²) in [5, 5.41) is 22.4. The lowest BCUT2D eigenvalue weighted by atomic mass is 10.1. The maximum Gasteiger partial charge on any atom is 0.271 e. The predicted molar refractivity (Wildman–Crippen MR) is 82.2 cm³/mol. The minimum atomic E-state index is -0.613. The fourth-order valence-corrected chi connectivity index (χ4v) is 2.22. The minimum absolute atomic E-state index is 0.126. The largest absolute Gasteiger partial charge is 0.380 e.